The SMILES string of the molecule is Cc1ccc(N)cc1S(=O)(=O)N(C)CCN1CCCC1. The molecule has 0 aliphatic carbocycles. The third-order valence-electron chi connectivity index (χ3n) is 3.83. The molecule has 0 unspecified atom stereocenters. The predicted molar refractivity (Wildman–Crippen MR) is 81.1 cm³/mol. The lowest BCUT2D eigenvalue weighted by Gasteiger charge is -2.22. The molecule has 0 aromatic heterocycles. The standard InChI is InChI=1S/C14H23N3O2S/c1-12-5-6-13(15)11-14(12)20(18,19)16(2)9-10-17-7-3-4-8-17/h5-6,11H,3-4,7-10,15H2,1-2H3. The minimum atomic E-state index is -3.46. The van der Waals surface area contributed by atoms with Gasteiger partial charge in [-0.3, -0.25) is 0 Å². The molecule has 1 fully saturated rings. The Kier molecular flexibility index (Phi) is 4.67. The number of nitrogens with zero attached hydrogens (tertiary/aromatic N) is 2. The van der Waals surface area contributed by atoms with Crippen molar-refractivity contribution in [2.75, 3.05) is 39.0 Å². The van der Waals surface area contributed by atoms with Crippen molar-refractivity contribution in [3.05, 3.63) is 23.8 Å². The molecule has 5 nitrogen and oxygen atoms in total. The van der Waals surface area contributed by atoms with Crippen LogP contribution >= 0.6 is 0 Å². The van der Waals surface area contributed by atoms with Crippen molar-refractivity contribution in [3.8, 4) is 0 Å². The molecule has 0 bridgehead atoms. The zero-order valence-corrected chi connectivity index (χ0v) is 13.0. The Labute approximate surface area is 121 Å². The van der Waals surface area contributed by atoms with E-state index >= 15 is 0 Å². The van der Waals surface area contributed by atoms with E-state index in [1.54, 1.807) is 26.1 Å². The lowest BCUT2D eigenvalue weighted by atomic mass is 10.2. The number of likely N-dealkylation sites (tertiary alicyclic amines) is 1. The average molecular weight is 297 g/mol. The number of hydrogen-bond acceptors (Lipinski definition) is 4. The summed E-state index contributed by atoms with van der Waals surface area (Å²) in [5.74, 6) is 0. The summed E-state index contributed by atoms with van der Waals surface area (Å²) in [6.45, 7) is 5.24. The number of likely N-dealkylation sites (N-methyl/N-ethyl adjacent to an activating group) is 1. The van der Waals surface area contributed by atoms with Crippen LogP contribution < -0.4 is 5.73 Å². The molecule has 6 heteroatoms. The summed E-state index contributed by atoms with van der Waals surface area (Å²) in [7, 11) is -1.82. The fraction of sp³-hybridized carbons (Fsp3) is 0.571. The van der Waals surface area contributed by atoms with Gasteiger partial charge in [0.1, 0.15) is 0 Å². The zero-order chi connectivity index (χ0) is 14.8. The van der Waals surface area contributed by atoms with Crippen LogP contribution in [0, 0.1) is 6.92 Å². The van der Waals surface area contributed by atoms with Gasteiger partial charge in [-0.15, -0.1) is 0 Å². The molecule has 1 aliphatic heterocycles. The predicted octanol–water partition coefficient (Wildman–Crippen LogP) is 1.29. The van der Waals surface area contributed by atoms with Crippen LogP contribution in [0.2, 0.25) is 0 Å². The molecule has 1 heterocycles. The molecule has 0 radical (unpaired) electrons. The summed E-state index contributed by atoms with van der Waals surface area (Å²) < 4.78 is 26.5. The van der Waals surface area contributed by atoms with E-state index in [0.29, 0.717) is 17.1 Å². The summed E-state index contributed by atoms with van der Waals surface area (Å²) >= 11 is 0. The minimum Gasteiger partial charge on any atom is -0.399 e. The van der Waals surface area contributed by atoms with Crippen LogP contribution in [-0.4, -0.2) is 50.8 Å². The Balaban J connectivity index is 2.10. The van der Waals surface area contributed by atoms with Crippen molar-refractivity contribution in [2.24, 2.45) is 0 Å². The maximum Gasteiger partial charge on any atom is 0.243 e. The Morgan fingerprint density at radius 1 is 1.30 bits per heavy atom. The molecule has 1 saturated heterocycles. The van der Waals surface area contributed by atoms with Gasteiger partial charge in [-0.2, -0.15) is 4.31 Å². The first-order chi connectivity index (χ1) is 9.41. The first kappa shape index (κ1) is 15.3. The molecule has 0 amide bonds. The van der Waals surface area contributed by atoms with Crippen molar-refractivity contribution in [2.45, 2.75) is 24.7 Å². The highest BCUT2D eigenvalue weighted by atomic mass is 32.2. The molecule has 0 atom stereocenters. The van der Waals surface area contributed by atoms with Crippen molar-refractivity contribution in [1.29, 1.82) is 0 Å². The first-order valence-electron chi connectivity index (χ1n) is 6.96. The third kappa shape index (κ3) is 3.31. The molecular weight excluding hydrogens is 274 g/mol. The van der Waals surface area contributed by atoms with Gasteiger partial charge in [-0.25, -0.2) is 8.42 Å². The largest absolute Gasteiger partial charge is 0.399 e. The van der Waals surface area contributed by atoms with Crippen molar-refractivity contribution in [1.82, 2.24) is 9.21 Å². The highest BCUT2D eigenvalue weighted by molar-refractivity contribution is 7.89. The van der Waals surface area contributed by atoms with Crippen LogP contribution in [-0.2, 0) is 10.0 Å². The van der Waals surface area contributed by atoms with E-state index < -0.39 is 10.0 Å². The summed E-state index contributed by atoms with van der Waals surface area (Å²) in [4.78, 5) is 2.61. The Morgan fingerprint density at radius 2 is 1.95 bits per heavy atom. The van der Waals surface area contributed by atoms with Crippen molar-refractivity contribution < 1.29 is 8.42 Å². The lowest BCUT2D eigenvalue weighted by Crippen LogP contribution is -2.35. The van der Waals surface area contributed by atoms with Gasteiger partial charge >= 0.3 is 0 Å². The van der Waals surface area contributed by atoms with Crippen LogP contribution in [0.25, 0.3) is 0 Å². The zero-order valence-electron chi connectivity index (χ0n) is 12.2. The molecule has 0 saturated carbocycles. The smallest absolute Gasteiger partial charge is 0.243 e. The van der Waals surface area contributed by atoms with E-state index in [9.17, 15) is 8.42 Å². The van der Waals surface area contributed by atoms with Crippen molar-refractivity contribution in [3.63, 3.8) is 0 Å². The number of nitrogens with two attached hydrogens (primary N) is 1. The van der Waals surface area contributed by atoms with Gasteiger partial charge in [0.15, 0.2) is 0 Å². The fourth-order valence-corrected chi connectivity index (χ4v) is 3.89. The number of rotatable bonds is 5. The van der Waals surface area contributed by atoms with Gasteiger partial charge in [-0.05, 0) is 50.6 Å². The van der Waals surface area contributed by atoms with Gasteiger partial charge in [0.25, 0.3) is 0 Å². The average Bonchev–Trinajstić information content (AvgIpc) is 2.91. The molecule has 2 rings (SSSR count). The molecule has 112 valence electrons. The molecular formula is C14H23N3O2S. The number of benzene rings is 1. The molecule has 1 aromatic rings. The van der Waals surface area contributed by atoms with Crippen LogP contribution in [0.1, 0.15) is 18.4 Å². The molecule has 0 spiro atoms. The summed E-state index contributed by atoms with van der Waals surface area (Å²) in [5.41, 5.74) is 6.91. The summed E-state index contributed by atoms with van der Waals surface area (Å²) in [6, 6.07) is 5.01. The maximum absolute atomic E-state index is 12.6. The highest BCUT2D eigenvalue weighted by Gasteiger charge is 2.23. The minimum absolute atomic E-state index is 0.307. The van der Waals surface area contributed by atoms with Crippen LogP contribution in [0.3, 0.4) is 0 Å². The second-order valence-corrected chi connectivity index (χ2v) is 7.41. The Bertz CT molecular complexity index is 566. The monoisotopic (exact) mass is 297 g/mol. The topological polar surface area (TPSA) is 66.6 Å². The number of sulfonamides is 1. The second-order valence-electron chi connectivity index (χ2n) is 5.40. The van der Waals surface area contributed by atoms with E-state index in [-0.39, 0.29) is 0 Å². The van der Waals surface area contributed by atoms with Crippen LogP contribution in [0.5, 0.6) is 0 Å². The van der Waals surface area contributed by atoms with Gasteiger partial charge < -0.3 is 10.6 Å². The summed E-state index contributed by atoms with van der Waals surface area (Å²) in [5, 5.41) is 0. The molecule has 20 heavy (non-hydrogen) atoms. The molecule has 2 N–H and O–H groups in total. The highest BCUT2D eigenvalue weighted by Crippen LogP contribution is 2.21. The van der Waals surface area contributed by atoms with E-state index in [4.69, 9.17) is 5.73 Å². The molecule has 1 aliphatic rings. The lowest BCUT2D eigenvalue weighted by molar-refractivity contribution is 0.310. The Morgan fingerprint density at radius 3 is 2.60 bits per heavy atom. The van der Waals surface area contributed by atoms with Gasteiger partial charge in [-0.1, -0.05) is 6.07 Å². The van der Waals surface area contributed by atoms with E-state index in [1.807, 2.05) is 0 Å². The van der Waals surface area contributed by atoms with Crippen molar-refractivity contribution >= 4 is 15.7 Å². The van der Waals surface area contributed by atoms with Crippen LogP contribution in [0.4, 0.5) is 5.69 Å². The summed E-state index contributed by atoms with van der Waals surface area (Å²) in [6.07, 6.45) is 2.43. The maximum atomic E-state index is 12.6. The first-order valence-corrected chi connectivity index (χ1v) is 8.40. The number of nitrogen functional groups attached to an aromatic ring is 1. The normalized spacial score (nSPS) is 16.9. The number of aryl methyl sites for hydroxylation is 1. The Hall–Kier alpha value is -1.11. The van der Waals surface area contributed by atoms with E-state index in [2.05, 4.69) is 4.90 Å². The fourth-order valence-electron chi connectivity index (χ4n) is 2.47. The van der Waals surface area contributed by atoms with E-state index in [0.717, 1.165) is 25.2 Å². The van der Waals surface area contributed by atoms with Gasteiger partial charge in [0.05, 0.1) is 4.90 Å². The third-order valence-corrected chi connectivity index (χ3v) is 5.83. The number of anilines is 1. The quantitative estimate of drug-likeness (QED) is 0.832. The number of hydrogen-bond donors (Lipinski definition) is 1. The molecule has 1 aromatic carbocycles. The van der Waals surface area contributed by atoms with Gasteiger partial charge in [0, 0.05) is 25.8 Å². The second kappa shape index (κ2) is 6.11. The van der Waals surface area contributed by atoms with E-state index in [1.165, 1.54) is 23.2 Å². The van der Waals surface area contributed by atoms with Crippen LogP contribution in [0.15, 0.2) is 23.1 Å². The van der Waals surface area contributed by atoms with Gasteiger partial charge in [0.2, 0.25) is 10.0 Å².